The van der Waals surface area contributed by atoms with Crippen LogP contribution < -0.4 is 10.6 Å². The number of halogens is 3. The molecule has 2 N–H and O–H groups in total. The van der Waals surface area contributed by atoms with Gasteiger partial charge in [0.15, 0.2) is 0 Å². The van der Waals surface area contributed by atoms with Gasteiger partial charge in [0.2, 0.25) is 0 Å². The van der Waals surface area contributed by atoms with Crippen molar-refractivity contribution in [3.8, 4) is 16.9 Å². The lowest BCUT2D eigenvalue weighted by atomic mass is 9.89. The number of amides is 2. The number of rotatable bonds is 9. The minimum Gasteiger partial charge on any atom is -0.332 e. The molecule has 0 saturated carbocycles. The van der Waals surface area contributed by atoms with Gasteiger partial charge < -0.3 is 10.6 Å². The number of nitrogens with one attached hydrogen (secondary N) is 2. The van der Waals surface area contributed by atoms with Crippen LogP contribution in [0.5, 0.6) is 0 Å². The van der Waals surface area contributed by atoms with Crippen LogP contribution in [0, 0.1) is 6.92 Å². The molecule has 3 aromatic rings. The van der Waals surface area contributed by atoms with Gasteiger partial charge in [0.1, 0.15) is 0 Å². The monoisotopic (exact) mass is 518 g/mol. The Kier molecular flexibility index (Phi) is 8.69. The Labute approximate surface area is 216 Å². The first-order valence-corrected chi connectivity index (χ1v) is 12.3. The summed E-state index contributed by atoms with van der Waals surface area (Å²) < 4.78 is 1.78. The number of nitrogens with zero attached hydrogens (tertiary/aromatic N) is 2. The molecule has 34 heavy (non-hydrogen) atoms. The molecular weight excluding hydrogens is 491 g/mol. The van der Waals surface area contributed by atoms with Crippen LogP contribution in [-0.4, -0.2) is 21.4 Å². The van der Waals surface area contributed by atoms with Gasteiger partial charge in [0.05, 0.1) is 28.6 Å². The maximum Gasteiger partial charge on any atom is 0.315 e. The molecule has 0 spiro atoms. The van der Waals surface area contributed by atoms with Gasteiger partial charge in [-0.2, -0.15) is 5.10 Å². The summed E-state index contributed by atoms with van der Waals surface area (Å²) >= 11 is 18.7. The number of carbonyl (C=O) groups is 1. The number of hydrogen-bond donors (Lipinski definition) is 2. The van der Waals surface area contributed by atoms with Crippen molar-refractivity contribution in [2.45, 2.75) is 52.1 Å². The van der Waals surface area contributed by atoms with Crippen LogP contribution in [0.4, 0.5) is 4.79 Å². The van der Waals surface area contributed by atoms with E-state index in [1.54, 1.807) is 16.8 Å². The van der Waals surface area contributed by atoms with Crippen LogP contribution in [-0.2, 0) is 6.54 Å². The molecule has 1 aromatic heterocycles. The predicted octanol–water partition coefficient (Wildman–Crippen LogP) is 7.74. The molecule has 180 valence electrons. The Hall–Kier alpha value is -2.47. The van der Waals surface area contributed by atoms with Crippen LogP contribution in [0.15, 0.2) is 55.1 Å². The highest BCUT2D eigenvalue weighted by atomic mass is 35.5. The molecule has 0 bridgehead atoms. The van der Waals surface area contributed by atoms with E-state index >= 15 is 0 Å². The Bertz CT molecular complexity index is 1170. The van der Waals surface area contributed by atoms with E-state index in [2.05, 4.69) is 31.1 Å². The summed E-state index contributed by atoms with van der Waals surface area (Å²) in [5.41, 5.74) is 3.83. The zero-order chi connectivity index (χ0) is 24.9. The summed E-state index contributed by atoms with van der Waals surface area (Å²) in [6.07, 6.45) is 4.17. The van der Waals surface area contributed by atoms with E-state index in [1.807, 2.05) is 43.3 Å². The van der Waals surface area contributed by atoms with Gasteiger partial charge in [-0.15, -0.1) is 6.58 Å². The Morgan fingerprint density at radius 2 is 1.74 bits per heavy atom. The fourth-order valence-electron chi connectivity index (χ4n) is 3.97. The number of benzene rings is 2. The molecule has 8 heteroatoms. The van der Waals surface area contributed by atoms with E-state index in [-0.39, 0.29) is 18.1 Å². The lowest BCUT2D eigenvalue weighted by Gasteiger charge is -2.31. The van der Waals surface area contributed by atoms with Crippen molar-refractivity contribution in [3.05, 3.63) is 81.4 Å². The van der Waals surface area contributed by atoms with Crippen molar-refractivity contribution < 1.29 is 4.79 Å². The molecule has 2 amide bonds. The standard InChI is InChI=1S/C26H29Cl3N4O/c1-5-14-26(6-2,7-3)31-25(34)30-16-22-17(4)24(18-8-10-19(27)11-9-18)33(32-22)23-13-12-20(28)15-21(23)29/h5,8-13,15H,1,6-7,14,16H2,2-4H3,(H2,30,31,34). The molecule has 1 heterocycles. The minimum atomic E-state index is -0.314. The molecule has 0 radical (unpaired) electrons. The van der Waals surface area contributed by atoms with Gasteiger partial charge in [-0.05, 0) is 56.5 Å². The molecule has 0 saturated heterocycles. The molecule has 0 aliphatic carbocycles. The number of carbonyl (C=O) groups excluding carboxylic acids is 1. The van der Waals surface area contributed by atoms with Crippen molar-refractivity contribution in [3.63, 3.8) is 0 Å². The quantitative estimate of drug-likeness (QED) is 0.284. The summed E-state index contributed by atoms with van der Waals surface area (Å²) in [4.78, 5) is 12.8. The largest absolute Gasteiger partial charge is 0.332 e. The van der Waals surface area contributed by atoms with Crippen molar-refractivity contribution in [1.29, 1.82) is 0 Å². The van der Waals surface area contributed by atoms with Crippen LogP contribution in [0.25, 0.3) is 16.9 Å². The van der Waals surface area contributed by atoms with Crippen LogP contribution >= 0.6 is 34.8 Å². The first kappa shape index (κ1) is 26.1. The van der Waals surface area contributed by atoms with Gasteiger partial charge in [-0.3, -0.25) is 0 Å². The van der Waals surface area contributed by atoms with Gasteiger partial charge >= 0.3 is 6.03 Å². The topological polar surface area (TPSA) is 59.0 Å². The SMILES string of the molecule is C=CCC(CC)(CC)NC(=O)NCc1nn(-c2ccc(Cl)cc2Cl)c(-c2ccc(Cl)cc2)c1C. The summed E-state index contributed by atoms with van der Waals surface area (Å²) in [5.74, 6) is 0. The molecular formula is C26H29Cl3N4O. The van der Waals surface area contributed by atoms with Crippen molar-refractivity contribution in [2.75, 3.05) is 0 Å². The van der Waals surface area contributed by atoms with Gasteiger partial charge in [0, 0.05) is 26.7 Å². The maximum atomic E-state index is 12.8. The molecule has 0 unspecified atom stereocenters. The minimum absolute atomic E-state index is 0.239. The third kappa shape index (κ3) is 5.77. The van der Waals surface area contributed by atoms with E-state index in [4.69, 9.17) is 39.9 Å². The third-order valence-corrected chi connectivity index (χ3v) is 6.95. The molecule has 2 aromatic carbocycles. The van der Waals surface area contributed by atoms with E-state index < -0.39 is 0 Å². The van der Waals surface area contributed by atoms with E-state index in [0.29, 0.717) is 27.2 Å². The molecule has 0 aliphatic heterocycles. The molecule has 5 nitrogen and oxygen atoms in total. The highest BCUT2D eigenvalue weighted by molar-refractivity contribution is 6.35. The second kappa shape index (κ2) is 11.3. The summed E-state index contributed by atoms with van der Waals surface area (Å²) in [6, 6.07) is 12.6. The Morgan fingerprint density at radius 3 is 2.32 bits per heavy atom. The Balaban J connectivity index is 1.95. The fraction of sp³-hybridized carbons (Fsp3) is 0.308. The zero-order valence-electron chi connectivity index (χ0n) is 19.6. The second-order valence-electron chi connectivity index (χ2n) is 8.22. The number of hydrogen-bond acceptors (Lipinski definition) is 2. The van der Waals surface area contributed by atoms with E-state index in [9.17, 15) is 4.79 Å². The van der Waals surface area contributed by atoms with Gasteiger partial charge in [-0.1, -0.05) is 66.9 Å². The fourth-order valence-corrected chi connectivity index (χ4v) is 4.59. The molecule has 0 fully saturated rings. The zero-order valence-corrected chi connectivity index (χ0v) is 21.9. The summed E-state index contributed by atoms with van der Waals surface area (Å²) in [7, 11) is 0. The molecule has 3 rings (SSSR count). The average Bonchev–Trinajstić information content (AvgIpc) is 3.13. The average molecular weight is 520 g/mol. The Morgan fingerprint density at radius 1 is 1.09 bits per heavy atom. The highest BCUT2D eigenvalue weighted by Gasteiger charge is 2.27. The number of aromatic nitrogens is 2. The van der Waals surface area contributed by atoms with E-state index in [0.717, 1.165) is 35.4 Å². The first-order valence-electron chi connectivity index (χ1n) is 11.2. The smallest absolute Gasteiger partial charge is 0.315 e. The van der Waals surface area contributed by atoms with Crippen LogP contribution in [0.2, 0.25) is 15.1 Å². The summed E-state index contributed by atoms with van der Waals surface area (Å²) in [5, 5.41) is 12.6. The van der Waals surface area contributed by atoms with Gasteiger partial charge in [0.25, 0.3) is 0 Å². The van der Waals surface area contributed by atoms with Crippen molar-refractivity contribution in [2.24, 2.45) is 0 Å². The number of urea groups is 1. The van der Waals surface area contributed by atoms with E-state index in [1.165, 1.54) is 0 Å². The van der Waals surface area contributed by atoms with Crippen LogP contribution in [0.3, 0.4) is 0 Å². The molecule has 0 atom stereocenters. The third-order valence-electron chi connectivity index (χ3n) is 6.16. The lowest BCUT2D eigenvalue weighted by molar-refractivity contribution is 0.220. The van der Waals surface area contributed by atoms with Gasteiger partial charge in [-0.25, -0.2) is 9.48 Å². The van der Waals surface area contributed by atoms with Crippen LogP contribution in [0.1, 0.15) is 44.4 Å². The molecule has 0 aliphatic rings. The normalized spacial score (nSPS) is 11.4. The van der Waals surface area contributed by atoms with Crippen molar-refractivity contribution in [1.82, 2.24) is 20.4 Å². The highest BCUT2D eigenvalue weighted by Crippen LogP contribution is 2.33. The lowest BCUT2D eigenvalue weighted by Crippen LogP contribution is -2.51. The summed E-state index contributed by atoms with van der Waals surface area (Å²) in [6.45, 7) is 10.2. The first-order chi connectivity index (χ1) is 16.2. The maximum absolute atomic E-state index is 12.8. The van der Waals surface area contributed by atoms with Crippen molar-refractivity contribution >= 4 is 40.8 Å². The predicted molar refractivity (Wildman–Crippen MR) is 142 cm³/mol. The second-order valence-corrected chi connectivity index (χ2v) is 9.50.